The molecule has 0 saturated carbocycles. The van der Waals surface area contributed by atoms with Crippen molar-refractivity contribution < 1.29 is 34.1 Å². The number of carbonyl (C=O) groups is 4. The molecular formula is C46H57NO7P+. The molecule has 0 radical (unpaired) electrons. The third kappa shape index (κ3) is 13.6. The molecule has 2 saturated heterocycles. The number of ketones is 1. The highest BCUT2D eigenvalue weighted by Gasteiger charge is 2.48. The topological polar surface area (TPSA) is 130 Å². The fourth-order valence-corrected chi connectivity index (χ4v) is 11.6. The van der Waals surface area contributed by atoms with Crippen molar-refractivity contribution in [2.24, 2.45) is 11.8 Å². The van der Waals surface area contributed by atoms with E-state index in [1.54, 1.807) is 12.2 Å². The van der Waals surface area contributed by atoms with Crippen LogP contribution in [0.5, 0.6) is 0 Å². The molecule has 2 aliphatic rings. The quantitative estimate of drug-likeness (QED) is 0.0437. The molecule has 3 aromatic rings. The van der Waals surface area contributed by atoms with Gasteiger partial charge in [-0.2, -0.15) is 0 Å². The molecule has 0 aliphatic carbocycles. The zero-order valence-corrected chi connectivity index (χ0v) is 32.9. The van der Waals surface area contributed by atoms with E-state index in [9.17, 15) is 19.2 Å². The van der Waals surface area contributed by atoms with Crippen LogP contribution in [0.3, 0.4) is 0 Å². The number of carboxylic acids is 2. The monoisotopic (exact) mass is 766 g/mol. The molecule has 1 amide bonds. The lowest BCUT2D eigenvalue weighted by Gasteiger charge is -2.27. The maximum absolute atomic E-state index is 12.2. The third-order valence-corrected chi connectivity index (χ3v) is 14.6. The van der Waals surface area contributed by atoms with Gasteiger partial charge in [-0.1, -0.05) is 98.7 Å². The number of benzene rings is 3. The van der Waals surface area contributed by atoms with Crippen LogP contribution in [-0.2, 0) is 23.9 Å². The molecule has 3 aromatic carbocycles. The van der Waals surface area contributed by atoms with Gasteiger partial charge in [-0.15, -0.1) is 0 Å². The minimum Gasteiger partial charge on any atom is -0.481 e. The van der Waals surface area contributed by atoms with Crippen LogP contribution in [0.2, 0.25) is 0 Å². The molecule has 9 heteroatoms. The minimum absolute atomic E-state index is 0.0512. The average molecular weight is 767 g/mol. The summed E-state index contributed by atoms with van der Waals surface area (Å²) in [6, 6.07) is 31.7. The van der Waals surface area contributed by atoms with Gasteiger partial charge in [0.2, 0.25) is 5.91 Å². The number of hydrogen-bond acceptors (Lipinski definition) is 5. The summed E-state index contributed by atoms with van der Waals surface area (Å²) in [5.74, 6) is -0.925. The molecule has 2 heterocycles. The second-order valence-electron chi connectivity index (χ2n) is 14.2. The summed E-state index contributed by atoms with van der Waals surface area (Å²) in [6.07, 6.45) is 19.8. The maximum atomic E-state index is 12.2. The van der Waals surface area contributed by atoms with Gasteiger partial charge < -0.3 is 20.3 Å². The lowest BCUT2D eigenvalue weighted by atomic mass is 9.77. The fraction of sp³-hybridized carbons (Fsp3) is 0.391. The molecule has 55 heavy (non-hydrogen) atoms. The van der Waals surface area contributed by atoms with Crippen molar-refractivity contribution in [2.45, 2.75) is 89.8 Å². The first kappa shape index (κ1) is 43.1. The first-order valence-electron chi connectivity index (χ1n) is 19.6. The highest BCUT2D eigenvalue weighted by atomic mass is 31.2. The standard InChI is InChI=1S/C23H35NO5.C23H21O2P/c1-2-3-6-9-17(25)12-15-22(26)24-16-19-18(20-13-14-21(19)29-20)10-7-4-5-8-11-23(27)28;24-23(25)18-10-11-19-26(20-12-4-1-5-13-20,21-14-6-2-7-15-21)22-16-8-3-9-17-22/h4,7-8,11,18-21H,2-3,5-6,9-10,12-16H2,1H3,(H,24,26)(H,27,28);1-17H,18-19H2/p+1/b7-4-,11-8+;/t18-,19+,20-,21+;/m1./s1. The second kappa shape index (κ2) is 23.3. The van der Waals surface area contributed by atoms with Gasteiger partial charge >= 0.3 is 11.9 Å². The zero-order valence-electron chi connectivity index (χ0n) is 32.0. The predicted octanol–water partition coefficient (Wildman–Crippen LogP) is 7.81. The van der Waals surface area contributed by atoms with E-state index in [2.05, 4.69) is 91.1 Å². The molecule has 8 nitrogen and oxygen atoms in total. The van der Waals surface area contributed by atoms with Gasteiger partial charge in [0.05, 0.1) is 24.8 Å². The van der Waals surface area contributed by atoms with Crippen molar-refractivity contribution in [1.29, 1.82) is 0 Å². The smallest absolute Gasteiger partial charge is 0.327 e. The van der Waals surface area contributed by atoms with E-state index >= 15 is 0 Å². The number of Topliss-reactive ketones (excluding diaryl/α,β-unsaturated/α-hetero) is 1. The number of carbonyl (C=O) groups excluding carboxylic acids is 2. The number of carboxylic acid groups (broad SMARTS) is 2. The molecule has 2 fully saturated rings. The van der Waals surface area contributed by atoms with Crippen molar-refractivity contribution >= 4 is 46.8 Å². The number of rotatable bonds is 21. The number of hydrogen-bond donors (Lipinski definition) is 3. The molecule has 0 aromatic heterocycles. The molecule has 292 valence electrons. The van der Waals surface area contributed by atoms with Crippen molar-refractivity contribution in [3.8, 4) is 0 Å². The average Bonchev–Trinajstić information content (AvgIpc) is 3.81. The number of unbranched alkanes of at least 4 members (excludes halogenated alkanes) is 2. The van der Waals surface area contributed by atoms with Crippen LogP contribution in [0.15, 0.2) is 127 Å². The van der Waals surface area contributed by atoms with E-state index in [1.807, 2.05) is 30.4 Å². The van der Waals surface area contributed by atoms with Gasteiger partial charge in [0.1, 0.15) is 29.0 Å². The Morgan fingerprint density at radius 1 is 0.709 bits per heavy atom. The van der Waals surface area contributed by atoms with E-state index < -0.39 is 19.2 Å². The summed E-state index contributed by atoms with van der Waals surface area (Å²) >= 11 is 0. The van der Waals surface area contributed by atoms with Gasteiger partial charge in [0.25, 0.3) is 0 Å². The SMILES string of the molecule is CCCCCC(=O)CCC(=O)NC[C@H]1[C@@H](C/C=C\C/C=C/C(=O)O)[C@H]2CC[C@@H]1O2.O=C(O)CC=CC[P+](c1ccccc1)(c1ccccc1)c1ccccc1. The largest absolute Gasteiger partial charge is 0.481 e. The van der Waals surface area contributed by atoms with E-state index in [1.165, 1.54) is 15.9 Å². The van der Waals surface area contributed by atoms with Gasteiger partial charge in [0.15, 0.2) is 0 Å². The highest BCUT2D eigenvalue weighted by molar-refractivity contribution is 7.95. The molecule has 0 spiro atoms. The fourth-order valence-electron chi connectivity index (χ4n) is 7.57. The summed E-state index contributed by atoms with van der Waals surface area (Å²) in [5.41, 5.74) is 0. The molecule has 0 unspecified atom stereocenters. The van der Waals surface area contributed by atoms with Crippen LogP contribution in [0.4, 0.5) is 0 Å². The van der Waals surface area contributed by atoms with Gasteiger partial charge in [-0.25, -0.2) is 4.79 Å². The summed E-state index contributed by atoms with van der Waals surface area (Å²) in [6.45, 7) is 2.71. The van der Waals surface area contributed by atoms with Crippen LogP contribution in [-0.4, -0.2) is 58.8 Å². The molecule has 5 rings (SSSR count). The van der Waals surface area contributed by atoms with Crippen LogP contribution >= 0.6 is 7.26 Å². The van der Waals surface area contributed by atoms with E-state index in [4.69, 9.17) is 14.9 Å². The predicted molar refractivity (Wildman–Crippen MR) is 223 cm³/mol. The van der Waals surface area contributed by atoms with Crippen molar-refractivity contribution in [3.63, 3.8) is 0 Å². The summed E-state index contributed by atoms with van der Waals surface area (Å²) in [5, 5.41) is 24.5. The van der Waals surface area contributed by atoms with Crippen molar-refractivity contribution in [3.05, 3.63) is 127 Å². The van der Waals surface area contributed by atoms with Gasteiger partial charge in [-0.3, -0.25) is 14.4 Å². The van der Waals surface area contributed by atoms with E-state index in [0.717, 1.165) is 50.8 Å². The number of allylic oxidation sites excluding steroid dienone is 4. The second-order valence-corrected chi connectivity index (χ2v) is 17.7. The molecule has 4 atom stereocenters. The maximum Gasteiger partial charge on any atom is 0.327 e. The third-order valence-electron chi connectivity index (χ3n) is 10.4. The number of amides is 1. The summed E-state index contributed by atoms with van der Waals surface area (Å²) in [4.78, 5) is 45.3. The zero-order chi connectivity index (χ0) is 39.3. The number of nitrogens with one attached hydrogen (secondary N) is 1. The van der Waals surface area contributed by atoms with E-state index in [-0.39, 0.29) is 36.7 Å². The Morgan fingerprint density at radius 3 is 1.84 bits per heavy atom. The van der Waals surface area contributed by atoms with Crippen LogP contribution in [0.1, 0.15) is 77.6 Å². The number of aliphatic carboxylic acids is 2. The highest BCUT2D eigenvalue weighted by Crippen LogP contribution is 2.55. The van der Waals surface area contributed by atoms with Gasteiger partial charge in [-0.05, 0) is 80.5 Å². The Labute approximate surface area is 327 Å². The van der Waals surface area contributed by atoms with Gasteiger partial charge in [0, 0.05) is 37.8 Å². The lowest BCUT2D eigenvalue weighted by molar-refractivity contribution is -0.136. The molecule has 2 bridgehead atoms. The normalized spacial score (nSPS) is 19.1. The van der Waals surface area contributed by atoms with Crippen LogP contribution in [0.25, 0.3) is 0 Å². The van der Waals surface area contributed by atoms with Crippen molar-refractivity contribution in [2.75, 3.05) is 12.7 Å². The Balaban J connectivity index is 0.000000246. The van der Waals surface area contributed by atoms with Crippen LogP contribution < -0.4 is 21.2 Å². The lowest BCUT2D eigenvalue weighted by Crippen LogP contribution is -2.38. The Kier molecular flexibility index (Phi) is 18.3. The number of fused-ring (bicyclic) bond motifs is 2. The summed E-state index contributed by atoms with van der Waals surface area (Å²) < 4.78 is 6.06. The molecular weight excluding hydrogens is 709 g/mol. The first-order chi connectivity index (χ1) is 26.7. The number of ether oxygens (including phenoxy) is 1. The first-order valence-corrected chi connectivity index (χ1v) is 21.6. The minimum atomic E-state index is -1.89. The van der Waals surface area contributed by atoms with Crippen molar-refractivity contribution in [1.82, 2.24) is 5.32 Å². The molecule has 3 N–H and O–H groups in total. The Morgan fingerprint density at radius 2 is 1.29 bits per heavy atom. The Bertz CT molecular complexity index is 1630. The summed E-state index contributed by atoms with van der Waals surface area (Å²) in [7, 11) is -1.89. The molecule has 2 aliphatic heterocycles. The Hall–Kier alpha value is -4.65. The van der Waals surface area contributed by atoms with E-state index in [0.29, 0.717) is 37.6 Å². The van der Waals surface area contributed by atoms with Crippen LogP contribution in [0, 0.1) is 11.8 Å².